The molecular weight excluding hydrogens is 533 g/mol. The minimum atomic E-state index is -6.14. The molecule has 0 heterocycles. The summed E-state index contributed by atoms with van der Waals surface area (Å²) in [7, 11) is -12.3. The molecule has 0 unspecified atom stereocenters. The molecule has 7 nitrogen and oxygen atoms in total. The summed E-state index contributed by atoms with van der Waals surface area (Å²) in [4.78, 5) is 69.1. The topological polar surface area (TPSA) is 128 Å². The quantitative estimate of drug-likeness (QED) is 0.251. The first-order valence-corrected chi connectivity index (χ1v) is 14.2. The van der Waals surface area contributed by atoms with E-state index in [-0.39, 0.29) is 37.7 Å². The van der Waals surface area contributed by atoms with E-state index in [1.807, 2.05) is 0 Å². The Hall–Kier alpha value is -2.66. The summed E-state index contributed by atoms with van der Waals surface area (Å²) in [6.07, 6.45) is -1.90. The van der Waals surface area contributed by atoms with Gasteiger partial charge < -0.3 is 0 Å². The van der Waals surface area contributed by atoms with Gasteiger partial charge in [0, 0.05) is 0 Å². The minimum Gasteiger partial charge on any atom is 4.00 e. The molecule has 4 rings (SSSR count). The molecule has 4 aromatic carbocycles. The Kier molecular flexibility index (Phi) is 7.52. The van der Waals surface area contributed by atoms with Gasteiger partial charge in [-0.05, 0) is 0 Å². The summed E-state index contributed by atoms with van der Waals surface area (Å²) >= 11 is 0. The maximum atomic E-state index is 14.0. The zero-order valence-corrected chi connectivity index (χ0v) is 20.9. The van der Waals surface area contributed by atoms with Crippen molar-refractivity contribution in [3.05, 3.63) is 121 Å². The molecule has 0 spiro atoms. The van der Waals surface area contributed by atoms with Crippen molar-refractivity contribution in [2.75, 3.05) is 0 Å². The predicted octanol–water partition coefficient (Wildman–Crippen LogP) is 0.477. The molecule has 4 aromatic rings. The number of benzene rings is 4. The smallest absolute Gasteiger partial charge is 4.00 e. The standard InChI is InChI=1S/C25H20O7P2.Ni/c26-25(31-33(27,28,21-13-5-1-6-14-21)22-15-7-2-8-16-22)32-34(29,30,23-17-9-3-10-18-23)24-19-11-4-12-20-24;/h1-20H;/q-4;+4. The molecule has 182 valence electrons. The van der Waals surface area contributed by atoms with Gasteiger partial charge in [0.2, 0.25) is 0 Å². The average Bonchev–Trinajstić information content (AvgIpc) is 2.86. The molecule has 0 aromatic heterocycles. The Bertz CT molecular complexity index is 1100. The Morgan fingerprint density at radius 1 is 0.457 bits per heavy atom. The van der Waals surface area contributed by atoms with Crippen molar-refractivity contribution >= 4 is 41.9 Å². The maximum absolute atomic E-state index is 14.0. The third kappa shape index (κ3) is 5.02. The molecule has 0 aliphatic carbocycles. The molecule has 0 bridgehead atoms. The van der Waals surface area contributed by atoms with Crippen LogP contribution >= 0.6 is 14.6 Å². The van der Waals surface area contributed by atoms with Crippen LogP contribution in [-0.2, 0) is 25.5 Å². The van der Waals surface area contributed by atoms with Gasteiger partial charge in [-0.1, -0.05) is 0 Å². The Labute approximate surface area is 212 Å². The average molecular weight is 553 g/mol. The van der Waals surface area contributed by atoms with Crippen molar-refractivity contribution in [1.82, 2.24) is 0 Å². The second-order valence-corrected chi connectivity index (χ2v) is 13.5. The molecule has 0 atom stereocenters. The van der Waals surface area contributed by atoms with Crippen molar-refractivity contribution in [3.8, 4) is 0 Å². The monoisotopic (exact) mass is 552 g/mol. The maximum Gasteiger partial charge on any atom is 4.00 e. The molecule has 0 N–H and O–H groups in total. The fraction of sp³-hybridized carbons (Fsp3) is 0. The van der Waals surface area contributed by atoms with Gasteiger partial charge in [-0.2, -0.15) is 0 Å². The van der Waals surface area contributed by atoms with Crippen molar-refractivity contribution in [3.63, 3.8) is 0 Å². The summed E-state index contributed by atoms with van der Waals surface area (Å²) in [5.74, 6) is 0. The Morgan fingerprint density at radius 2 is 0.657 bits per heavy atom. The van der Waals surface area contributed by atoms with Gasteiger partial charge in [0.05, 0.1) is 0 Å². The van der Waals surface area contributed by atoms with E-state index >= 15 is 0 Å². The molecule has 0 amide bonds. The minimum absolute atomic E-state index is 0. The molecule has 35 heavy (non-hydrogen) atoms. The fourth-order valence-electron chi connectivity index (χ4n) is 3.54. The van der Waals surface area contributed by atoms with Crippen molar-refractivity contribution in [1.29, 1.82) is 0 Å². The zero-order chi connectivity index (χ0) is 24.3. The van der Waals surface area contributed by atoms with E-state index < -0.39 is 20.7 Å². The SMILES string of the molecule is O=C(OP([O-])([O-])(c1ccccc1)c1ccccc1)OP([O-])([O-])(c1ccccc1)c1ccccc1.[Ni+4]. The molecular formula is C25H20NiO7P2. The molecule has 0 aliphatic heterocycles. The van der Waals surface area contributed by atoms with Gasteiger partial charge in [-0.15, -0.1) is 0 Å². The van der Waals surface area contributed by atoms with E-state index in [1.54, 1.807) is 24.3 Å². The Morgan fingerprint density at radius 3 is 0.857 bits per heavy atom. The first-order chi connectivity index (χ1) is 16.1. The summed E-state index contributed by atoms with van der Waals surface area (Å²) in [5, 5.41) is -1.30. The summed E-state index contributed by atoms with van der Waals surface area (Å²) in [6, 6.07) is 28.0. The van der Waals surface area contributed by atoms with Crippen molar-refractivity contribution in [2.24, 2.45) is 0 Å². The van der Waals surface area contributed by atoms with Gasteiger partial charge in [-0.25, -0.2) is 0 Å². The van der Waals surface area contributed by atoms with Gasteiger partial charge in [0.15, 0.2) is 0 Å². The fourth-order valence-corrected chi connectivity index (χ4v) is 7.98. The molecule has 0 radical (unpaired) electrons. The van der Waals surface area contributed by atoms with E-state index in [9.17, 15) is 24.4 Å². The number of carbonyl (C=O) groups is 1. The van der Waals surface area contributed by atoms with E-state index in [0.717, 1.165) is 0 Å². The normalized spacial score (nSPS) is 13.7. The second-order valence-electron chi connectivity index (χ2n) is 7.54. The molecule has 0 saturated heterocycles. The molecule has 0 aliphatic rings. The van der Waals surface area contributed by atoms with Crippen molar-refractivity contribution < 1.29 is 49.9 Å². The molecule has 10 heteroatoms. The van der Waals surface area contributed by atoms with Crippen LogP contribution < -0.4 is 40.8 Å². The van der Waals surface area contributed by atoms with Crippen LogP contribution in [0, 0.1) is 0 Å². The van der Waals surface area contributed by atoms with E-state index in [1.165, 1.54) is 97.1 Å². The summed E-state index contributed by atoms with van der Waals surface area (Å²) in [6.45, 7) is 0. The van der Waals surface area contributed by atoms with Gasteiger partial charge in [0.1, 0.15) is 0 Å². The van der Waals surface area contributed by atoms with E-state index in [0.29, 0.717) is 0 Å². The third-order valence-corrected chi connectivity index (χ3v) is 11.0. The van der Waals surface area contributed by atoms with Gasteiger partial charge in [-0.3, -0.25) is 0 Å². The van der Waals surface area contributed by atoms with Crippen LogP contribution in [0.4, 0.5) is 4.79 Å². The van der Waals surface area contributed by atoms with Crippen LogP contribution in [0.2, 0.25) is 0 Å². The van der Waals surface area contributed by atoms with Crippen molar-refractivity contribution in [2.45, 2.75) is 0 Å². The van der Waals surface area contributed by atoms with Crippen LogP contribution in [0.25, 0.3) is 0 Å². The first-order valence-electron chi connectivity index (χ1n) is 10.2. The number of hydrogen-bond acceptors (Lipinski definition) is 7. The summed E-state index contributed by atoms with van der Waals surface area (Å²) in [5.41, 5.74) is 0. The number of hydrogen-bond donors (Lipinski definition) is 0. The van der Waals surface area contributed by atoms with Crippen LogP contribution in [0.1, 0.15) is 0 Å². The largest absolute Gasteiger partial charge is 4.00 e. The zero-order valence-electron chi connectivity index (χ0n) is 18.1. The second kappa shape index (κ2) is 9.77. The third-order valence-electron chi connectivity index (χ3n) is 5.29. The summed E-state index contributed by atoms with van der Waals surface area (Å²) < 4.78 is 9.98. The first kappa shape index (κ1) is 26.9. The van der Waals surface area contributed by atoms with Crippen LogP contribution in [-0.4, -0.2) is 6.16 Å². The number of rotatable bonds is 6. The van der Waals surface area contributed by atoms with Crippen LogP contribution in [0.15, 0.2) is 121 Å². The van der Waals surface area contributed by atoms with Crippen LogP contribution in [0.3, 0.4) is 0 Å². The van der Waals surface area contributed by atoms with Crippen LogP contribution in [0.5, 0.6) is 0 Å². The number of carbonyl (C=O) groups excluding carboxylic acids is 1. The van der Waals surface area contributed by atoms with Gasteiger partial charge >= 0.3 is 213 Å². The molecule has 0 fully saturated rings. The van der Waals surface area contributed by atoms with E-state index in [2.05, 4.69) is 0 Å². The Balaban J connectivity index is 0.00000342. The predicted molar refractivity (Wildman–Crippen MR) is 126 cm³/mol. The molecule has 0 saturated carbocycles. The van der Waals surface area contributed by atoms with E-state index in [4.69, 9.17) is 9.05 Å². The van der Waals surface area contributed by atoms with Gasteiger partial charge in [0.25, 0.3) is 0 Å².